The van der Waals surface area contributed by atoms with Crippen LogP contribution in [0.2, 0.25) is 0 Å². The third kappa shape index (κ3) is 3.69. The SMILES string of the molecule is CCC(CO)N=CC1=C(O)C(C(=O)OC)C(C)(C)CC1=O. The van der Waals surface area contributed by atoms with Crippen LogP contribution in [0.3, 0.4) is 0 Å². The zero-order valence-corrected chi connectivity index (χ0v) is 12.9. The molecule has 0 amide bonds. The van der Waals surface area contributed by atoms with E-state index >= 15 is 0 Å². The molecule has 0 saturated heterocycles. The van der Waals surface area contributed by atoms with Crippen LogP contribution in [0.5, 0.6) is 0 Å². The molecule has 0 aromatic heterocycles. The van der Waals surface area contributed by atoms with Crippen molar-refractivity contribution >= 4 is 18.0 Å². The maximum Gasteiger partial charge on any atom is 0.316 e. The lowest BCUT2D eigenvalue weighted by atomic mass is 9.68. The highest BCUT2D eigenvalue weighted by molar-refractivity contribution is 6.15. The summed E-state index contributed by atoms with van der Waals surface area (Å²) in [5.74, 6) is -2.05. The lowest BCUT2D eigenvalue weighted by molar-refractivity contribution is -0.150. The van der Waals surface area contributed by atoms with E-state index in [1.165, 1.54) is 13.3 Å². The van der Waals surface area contributed by atoms with E-state index in [9.17, 15) is 14.7 Å². The Balaban J connectivity index is 3.21. The van der Waals surface area contributed by atoms with E-state index in [0.29, 0.717) is 6.42 Å². The van der Waals surface area contributed by atoms with Crippen molar-refractivity contribution in [3.63, 3.8) is 0 Å². The zero-order valence-electron chi connectivity index (χ0n) is 12.9. The number of ether oxygens (including phenoxy) is 1. The van der Waals surface area contributed by atoms with Gasteiger partial charge in [-0.15, -0.1) is 0 Å². The maximum absolute atomic E-state index is 12.1. The van der Waals surface area contributed by atoms with Crippen molar-refractivity contribution in [2.24, 2.45) is 16.3 Å². The number of aliphatic imine (C=N–C) groups is 1. The van der Waals surface area contributed by atoms with Gasteiger partial charge in [0.1, 0.15) is 11.7 Å². The molecule has 2 unspecified atom stereocenters. The van der Waals surface area contributed by atoms with Gasteiger partial charge in [-0.2, -0.15) is 0 Å². The van der Waals surface area contributed by atoms with Crippen molar-refractivity contribution in [2.45, 2.75) is 39.7 Å². The Bertz CT molecular complexity index is 474. The molecule has 118 valence electrons. The first-order valence-electron chi connectivity index (χ1n) is 6.96. The molecule has 2 atom stereocenters. The number of hydrogen-bond donors (Lipinski definition) is 2. The summed E-state index contributed by atoms with van der Waals surface area (Å²) in [7, 11) is 1.24. The Morgan fingerprint density at radius 1 is 1.57 bits per heavy atom. The van der Waals surface area contributed by atoms with Crippen molar-refractivity contribution < 1.29 is 24.5 Å². The summed E-state index contributed by atoms with van der Waals surface area (Å²) in [6.45, 7) is 5.19. The first-order valence-corrected chi connectivity index (χ1v) is 6.96. The average Bonchev–Trinajstić information content (AvgIpc) is 2.41. The second-order valence-corrected chi connectivity index (χ2v) is 5.87. The Morgan fingerprint density at radius 3 is 2.67 bits per heavy atom. The third-order valence-electron chi connectivity index (χ3n) is 3.78. The second kappa shape index (κ2) is 6.85. The van der Waals surface area contributed by atoms with Gasteiger partial charge in [-0.1, -0.05) is 20.8 Å². The fourth-order valence-corrected chi connectivity index (χ4v) is 2.43. The van der Waals surface area contributed by atoms with Crippen LogP contribution in [-0.2, 0) is 14.3 Å². The van der Waals surface area contributed by atoms with Crippen LogP contribution in [0.15, 0.2) is 16.3 Å². The van der Waals surface area contributed by atoms with Crippen molar-refractivity contribution in [3.05, 3.63) is 11.3 Å². The Hall–Kier alpha value is -1.69. The van der Waals surface area contributed by atoms with Gasteiger partial charge < -0.3 is 14.9 Å². The second-order valence-electron chi connectivity index (χ2n) is 5.87. The number of carbonyl (C=O) groups is 2. The number of nitrogens with zero attached hydrogens (tertiary/aromatic N) is 1. The van der Waals surface area contributed by atoms with Gasteiger partial charge in [-0.25, -0.2) is 0 Å². The molecule has 6 nitrogen and oxygen atoms in total. The van der Waals surface area contributed by atoms with E-state index in [0.717, 1.165) is 0 Å². The van der Waals surface area contributed by atoms with Crippen LogP contribution in [-0.4, -0.2) is 47.9 Å². The summed E-state index contributed by atoms with van der Waals surface area (Å²) >= 11 is 0. The normalized spacial score (nSPS) is 23.5. The van der Waals surface area contributed by atoms with Crippen molar-refractivity contribution in [3.8, 4) is 0 Å². The number of Topliss-reactive ketones (excluding diaryl/α,β-unsaturated/α-hetero) is 1. The smallest absolute Gasteiger partial charge is 0.316 e. The molecule has 1 aliphatic rings. The lowest BCUT2D eigenvalue weighted by Gasteiger charge is -2.35. The number of ketones is 1. The largest absolute Gasteiger partial charge is 0.511 e. The molecule has 1 rings (SSSR count). The third-order valence-corrected chi connectivity index (χ3v) is 3.78. The van der Waals surface area contributed by atoms with Crippen LogP contribution in [0.1, 0.15) is 33.6 Å². The molecular formula is C15H23NO5. The number of methoxy groups -OCH3 is 1. The van der Waals surface area contributed by atoms with Gasteiger partial charge in [-0.3, -0.25) is 14.6 Å². The molecule has 6 heteroatoms. The van der Waals surface area contributed by atoms with E-state index in [-0.39, 0.29) is 36.2 Å². The number of aliphatic hydroxyl groups is 2. The summed E-state index contributed by atoms with van der Waals surface area (Å²) < 4.78 is 4.72. The van der Waals surface area contributed by atoms with Gasteiger partial charge in [-0.05, 0) is 11.8 Å². The summed E-state index contributed by atoms with van der Waals surface area (Å²) in [5, 5.41) is 19.4. The van der Waals surface area contributed by atoms with Crippen LogP contribution in [0, 0.1) is 11.3 Å². The summed E-state index contributed by atoms with van der Waals surface area (Å²) in [6.07, 6.45) is 1.99. The first kappa shape index (κ1) is 17.4. The molecule has 1 aliphatic carbocycles. The Kier molecular flexibility index (Phi) is 5.66. The van der Waals surface area contributed by atoms with Crippen LogP contribution in [0.4, 0.5) is 0 Å². The monoisotopic (exact) mass is 297 g/mol. The molecule has 0 aliphatic heterocycles. The van der Waals surface area contributed by atoms with Crippen LogP contribution in [0.25, 0.3) is 0 Å². The van der Waals surface area contributed by atoms with Crippen molar-refractivity contribution in [1.82, 2.24) is 0 Å². The van der Waals surface area contributed by atoms with E-state index < -0.39 is 17.3 Å². The highest BCUT2D eigenvalue weighted by atomic mass is 16.5. The molecule has 0 fully saturated rings. The quantitative estimate of drug-likeness (QED) is 0.591. The predicted octanol–water partition coefficient (Wildman–Crippen LogP) is 1.43. The standard InChI is InChI=1S/C15H23NO5/c1-5-9(8-17)16-7-10-11(18)6-15(2,3)12(13(10)19)14(20)21-4/h7,9,12,17,19H,5-6,8H2,1-4H3. The van der Waals surface area contributed by atoms with E-state index in [2.05, 4.69) is 4.99 Å². The first-order chi connectivity index (χ1) is 9.78. The van der Waals surface area contributed by atoms with Crippen molar-refractivity contribution in [2.75, 3.05) is 13.7 Å². The Labute approximate surface area is 124 Å². The number of carbonyl (C=O) groups excluding carboxylic acids is 2. The molecule has 0 saturated carbocycles. The Morgan fingerprint density at radius 2 is 2.19 bits per heavy atom. The average molecular weight is 297 g/mol. The molecule has 0 heterocycles. The fraction of sp³-hybridized carbons (Fsp3) is 0.667. The topological polar surface area (TPSA) is 96.2 Å². The highest BCUT2D eigenvalue weighted by Gasteiger charge is 2.46. The lowest BCUT2D eigenvalue weighted by Crippen LogP contribution is -2.40. The zero-order chi connectivity index (χ0) is 16.2. The van der Waals surface area contributed by atoms with E-state index in [4.69, 9.17) is 9.84 Å². The number of esters is 1. The van der Waals surface area contributed by atoms with E-state index in [1.807, 2.05) is 6.92 Å². The fourth-order valence-electron chi connectivity index (χ4n) is 2.43. The summed E-state index contributed by atoms with van der Waals surface area (Å²) in [5.41, 5.74) is -0.691. The molecule has 0 aromatic carbocycles. The van der Waals surface area contributed by atoms with Crippen LogP contribution >= 0.6 is 0 Å². The highest BCUT2D eigenvalue weighted by Crippen LogP contribution is 2.41. The number of allylic oxidation sites excluding steroid dienone is 1. The molecule has 0 spiro atoms. The van der Waals surface area contributed by atoms with Gasteiger partial charge in [0.05, 0.1) is 25.3 Å². The molecule has 0 bridgehead atoms. The molecule has 0 radical (unpaired) electrons. The number of hydrogen-bond acceptors (Lipinski definition) is 6. The maximum atomic E-state index is 12.1. The summed E-state index contributed by atoms with van der Waals surface area (Å²) in [4.78, 5) is 28.1. The minimum atomic E-state index is -0.893. The molecular weight excluding hydrogens is 274 g/mol. The predicted molar refractivity (Wildman–Crippen MR) is 78.2 cm³/mol. The van der Waals surface area contributed by atoms with Gasteiger partial charge in [0, 0.05) is 12.6 Å². The number of rotatable bonds is 5. The molecule has 0 aromatic rings. The van der Waals surface area contributed by atoms with Crippen LogP contribution < -0.4 is 0 Å². The summed E-state index contributed by atoms with van der Waals surface area (Å²) in [6, 6.07) is -0.329. The van der Waals surface area contributed by atoms with Gasteiger partial charge in [0.2, 0.25) is 0 Å². The molecule has 2 N–H and O–H groups in total. The minimum absolute atomic E-state index is 0.0247. The van der Waals surface area contributed by atoms with Gasteiger partial charge >= 0.3 is 5.97 Å². The minimum Gasteiger partial charge on any atom is -0.511 e. The van der Waals surface area contributed by atoms with Gasteiger partial charge in [0.15, 0.2) is 5.78 Å². The number of aliphatic hydroxyl groups excluding tert-OH is 2. The van der Waals surface area contributed by atoms with Crippen molar-refractivity contribution in [1.29, 1.82) is 0 Å². The molecule has 21 heavy (non-hydrogen) atoms. The van der Waals surface area contributed by atoms with E-state index in [1.54, 1.807) is 13.8 Å². The van der Waals surface area contributed by atoms with Gasteiger partial charge in [0.25, 0.3) is 0 Å².